The van der Waals surface area contributed by atoms with Gasteiger partial charge >= 0.3 is 5.97 Å². The van der Waals surface area contributed by atoms with Crippen LogP contribution in [-0.4, -0.2) is 33.6 Å². The molecule has 0 fully saturated rings. The number of esters is 1. The van der Waals surface area contributed by atoms with Gasteiger partial charge in [-0.1, -0.05) is 30.0 Å². The third kappa shape index (κ3) is 4.00. The lowest BCUT2D eigenvalue weighted by Crippen LogP contribution is -2.09. The van der Waals surface area contributed by atoms with E-state index in [1.165, 1.54) is 18.9 Å². The molecule has 6 nitrogen and oxygen atoms in total. The summed E-state index contributed by atoms with van der Waals surface area (Å²) in [5.41, 5.74) is 1.07. The molecule has 118 valence electrons. The van der Waals surface area contributed by atoms with Crippen LogP contribution in [0.2, 0.25) is 0 Å². The topological polar surface area (TPSA) is 66.2 Å². The maximum absolute atomic E-state index is 11.2. The van der Waals surface area contributed by atoms with Crippen LogP contribution < -0.4 is 4.74 Å². The van der Waals surface area contributed by atoms with Crippen molar-refractivity contribution < 1.29 is 14.3 Å². The quantitative estimate of drug-likeness (QED) is 0.576. The highest BCUT2D eigenvalue weighted by Crippen LogP contribution is 2.20. The van der Waals surface area contributed by atoms with Crippen LogP contribution in [0.25, 0.3) is 0 Å². The third-order valence-corrected chi connectivity index (χ3v) is 4.05. The van der Waals surface area contributed by atoms with E-state index in [1.54, 1.807) is 0 Å². The van der Waals surface area contributed by atoms with Crippen LogP contribution in [0.15, 0.2) is 29.4 Å². The maximum Gasteiger partial charge on any atom is 0.316 e. The van der Waals surface area contributed by atoms with Gasteiger partial charge in [0.2, 0.25) is 0 Å². The van der Waals surface area contributed by atoms with Gasteiger partial charge < -0.3 is 14.0 Å². The second-order valence-electron chi connectivity index (χ2n) is 4.56. The Hall–Kier alpha value is -2.02. The van der Waals surface area contributed by atoms with Crippen LogP contribution in [0.3, 0.4) is 0 Å². The second-order valence-corrected chi connectivity index (χ2v) is 5.50. The first kappa shape index (κ1) is 16.4. The number of carbonyl (C=O) groups excluding carboxylic acids is 1. The average molecular weight is 321 g/mol. The Labute approximate surface area is 133 Å². The normalized spacial score (nSPS) is 10.5. The number of carbonyl (C=O) groups is 1. The Morgan fingerprint density at radius 2 is 2.09 bits per heavy atom. The summed E-state index contributed by atoms with van der Waals surface area (Å²) in [7, 11) is 1.37. The second kappa shape index (κ2) is 7.84. The predicted molar refractivity (Wildman–Crippen MR) is 83.9 cm³/mol. The van der Waals surface area contributed by atoms with Crippen LogP contribution in [-0.2, 0) is 22.7 Å². The van der Waals surface area contributed by atoms with Crippen LogP contribution in [0.5, 0.6) is 5.75 Å². The summed E-state index contributed by atoms with van der Waals surface area (Å²) in [6, 6.07) is 7.83. The number of thioether (sulfide) groups is 1. The zero-order valence-corrected chi connectivity index (χ0v) is 13.7. The van der Waals surface area contributed by atoms with Gasteiger partial charge in [0.1, 0.15) is 12.4 Å². The van der Waals surface area contributed by atoms with Gasteiger partial charge in [-0.3, -0.25) is 4.79 Å². The molecule has 1 aromatic carbocycles. The molecule has 0 saturated heterocycles. The number of hydrogen-bond acceptors (Lipinski definition) is 6. The van der Waals surface area contributed by atoms with Crippen LogP contribution >= 0.6 is 11.8 Å². The summed E-state index contributed by atoms with van der Waals surface area (Å²) < 4.78 is 12.4. The number of para-hydroxylation sites is 1. The zero-order chi connectivity index (χ0) is 15.9. The summed E-state index contributed by atoms with van der Waals surface area (Å²) in [5.74, 6) is 1.50. The number of ether oxygens (including phenoxy) is 2. The Balaban J connectivity index is 2.04. The van der Waals surface area contributed by atoms with E-state index >= 15 is 0 Å². The van der Waals surface area contributed by atoms with Gasteiger partial charge in [-0.2, -0.15) is 0 Å². The lowest BCUT2D eigenvalue weighted by molar-refractivity contribution is -0.137. The monoisotopic (exact) mass is 321 g/mol. The first-order valence-corrected chi connectivity index (χ1v) is 7.94. The first-order valence-electron chi connectivity index (χ1n) is 6.95. The fourth-order valence-electron chi connectivity index (χ4n) is 1.89. The lowest BCUT2D eigenvalue weighted by Gasteiger charge is -2.10. The molecule has 2 aromatic rings. The van der Waals surface area contributed by atoms with E-state index in [9.17, 15) is 4.79 Å². The molecule has 22 heavy (non-hydrogen) atoms. The minimum Gasteiger partial charge on any atom is -0.485 e. The molecule has 0 saturated carbocycles. The number of rotatable bonds is 7. The number of nitrogens with zero attached hydrogens (tertiary/aromatic N) is 3. The summed E-state index contributed by atoms with van der Waals surface area (Å²) >= 11 is 1.31. The molecule has 0 radical (unpaired) electrons. The van der Waals surface area contributed by atoms with E-state index in [4.69, 9.17) is 4.74 Å². The Morgan fingerprint density at radius 1 is 1.32 bits per heavy atom. The number of methoxy groups -OCH3 is 1. The molecule has 0 aliphatic carbocycles. The van der Waals surface area contributed by atoms with Crippen molar-refractivity contribution in [3.8, 4) is 5.75 Å². The molecule has 0 unspecified atom stereocenters. The SMILES string of the molecule is CCn1c(COc2ccccc2C)nnc1SCC(=O)OC. The van der Waals surface area contributed by atoms with E-state index in [1.807, 2.05) is 42.7 Å². The summed E-state index contributed by atoms with van der Waals surface area (Å²) in [4.78, 5) is 11.2. The fraction of sp³-hybridized carbons (Fsp3) is 0.400. The molecule has 2 rings (SSSR count). The minimum atomic E-state index is -0.284. The van der Waals surface area contributed by atoms with Crippen molar-refractivity contribution in [1.29, 1.82) is 0 Å². The molecule has 0 aliphatic rings. The summed E-state index contributed by atoms with van der Waals surface area (Å²) in [6.45, 7) is 5.05. The van der Waals surface area contributed by atoms with Gasteiger partial charge in [0.15, 0.2) is 11.0 Å². The van der Waals surface area contributed by atoms with Crippen molar-refractivity contribution in [1.82, 2.24) is 14.8 Å². The van der Waals surface area contributed by atoms with Crippen molar-refractivity contribution in [2.24, 2.45) is 0 Å². The van der Waals surface area contributed by atoms with Crippen LogP contribution in [0.1, 0.15) is 18.3 Å². The molecule has 7 heteroatoms. The smallest absolute Gasteiger partial charge is 0.316 e. The number of aromatic nitrogens is 3. The average Bonchev–Trinajstić information content (AvgIpc) is 2.93. The van der Waals surface area contributed by atoms with E-state index in [2.05, 4.69) is 14.9 Å². The van der Waals surface area contributed by atoms with Gasteiger partial charge in [0, 0.05) is 6.54 Å². The molecule has 0 aliphatic heterocycles. The molecule has 0 bridgehead atoms. The molecule has 0 N–H and O–H groups in total. The van der Waals surface area contributed by atoms with Crippen LogP contribution in [0.4, 0.5) is 0 Å². The van der Waals surface area contributed by atoms with Gasteiger partial charge in [-0.15, -0.1) is 10.2 Å². The van der Waals surface area contributed by atoms with Gasteiger partial charge in [-0.25, -0.2) is 0 Å². The van der Waals surface area contributed by atoms with Crippen molar-refractivity contribution in [2.75, 3.05) is 12.9 Å². The van der Waals surface area contributed by atoms with Crippen molar-refractivity contribution in [2.45, 2.75) is 32.2 Å². The van der Waals surface area contributed by atoms with E-state index in [0.717, 1.165) is 17.1 Å². The van der Waals surface area contributed by atoms with Gasteiger partial charge in [0.05, 0.1) is 12.9 Å². The molecule has 0 amide bonds. The molecule has 1 aromatic heterocycles. The van der Waals surface area contributed by atoms with E-state index < -0.39 is 0 Å². The Morgan fingerprint density at radius 3 is 2.77 bits per heavy atom. The predicted octanol–water partition coefficient (Wildman–Crippen LogP) is 2.45. The molecular weight excluding hydrogens is 302 g/mol. The maximum atomic E-state index is 11.2. The largest absolute Gasteiger partial charge is 0.485 e. The number of hydrogen-bond donors (Lipinski definition) is 0. The lowest BCUT2D eigenvalue weighted by atomic mass is 10.2. The summed E-state index contributed by atoms with van der Waals surface area (Å²) in [5, 5.41) is 8.96. The highest BCUT2D eigenvalue weighted by molar-refractivity contribution is 7.99. The van der Waals surface area contributed by atoms with Crippen molar-refractivity contribution in [3.63, 3.8) is 0 Å². The zero-order valence-electron chi connectivity index (χ0n) is 12.9. The summed E-state index contributed by atoms with van der Waals surface area (Å²) in [6.07, 6.45) is 0. The van der Waals surface area contributed by atoms with Crippen molar-refractivity contribution >= 4 is 17.7 Å². The third-order valence-electron chi connectivity index (χ3n) is 3.11. The number of aryl methyl sites for hydroxylation is 1. The minimum absolute atomic E-state index is 0.216. The Bertz CT molecular complexity index is 643. The van der Waals surface area contributed by atoms with Gasteiger partial charge in [0.25, 0.3) is 0 Å². The standard InChI is InChI=1S/C15H19N3O3S/c1-4-18-13(9-21-12-8-6-5-7-11(12)2)16-17-15(18)22-10-14(19)20-3/h5-8H,4,9-10H2,1-3H3. The first-order chi connectivity index (χ1) is 10.7. The van der Waals surface area contributed by atoms with Crippen molar-refractivity contribution in [3.05, 3.63) is 35.7 Å². The highest BCUT2D eigenvalue weighted by atomic mass is 32.2. The highest BCUT2D eigenvalue weighted by Gasteiger charge is 2.14. The van der Waals surface area contributed by atoms with Gasteiger partial charge in [-0.05, 0) is 25.5 Å². The molecular formula is C15H19N3O3S. The van der Waals surface area contributed by atoms with E-state index in [-0.39, 0.29) is 11.7 Å². The molecule has 0 spiro atoms. The molecule has 0 atom stereocenters. The fourth-order valence-corrected chi connectivity index (χ4v) is 2.75. The van der Waals surface area contributed by atoms with E-state index in [0.29, 0.717) is 18.3 Å². The number of benzene rings is 1. The Kier molecular flexibility index (Phi) is 5.83. The molecule has 1 heterocycles. The van der Waals surface area contributed by atoms with Crippen LogP contribution in [0, 0.1) is 6.92 Å².